The first-order chi connectivity index (χ1) is 14.9. The Balaban J connectivity index is 1.58. The minimum absolute atomic E-state index is 0.0154. The Bertz CT molecular complexity index is 1080. The third kappa shape index (κ3) is 4.73. The maximum atomic E-state index is 12.7. The first-order valence-corrected chi connectivity index (χ1v) is 12.3. The van der Waals surface area contributed by atoms with Gasteiger partial charge in [0.05, 0.1) is 30.0 Å². The summed E-state index contributed by atoms with van der Waals surface area (Å²) in [6.45, 7) is 0. The minimum Gasteiger partial charge on any atom is -0.497 e. The van der Waals surface area contributed by atoms with Crippen LogP contribution in [0.15, 0.2) is 24.3 Å². The maximum absolute atomic E-state index is 12.7. The fourth-order valence-electron chi connectivity index (χ4n) is 4.12. The van der Waals surface area contributed by atoms with Crippen LogP contribution in [0.25, 0.3) is 5.69 Å². The molecule has 2 heterocycles. The maximum Gasteiger partial charge on any atom is 0.314 e. The Morgan fingerprint density at radius 1 is 1.03 bits per heavy atom. The van der Waals surface area contributed by atoms with Crippen LogP contribution < -0.4 is 15.4 Å². The van der Waals surface area contributed by atoms with E-state index in [2.05, 4.69) is 15.7 Å². The van der Waals surface area contributed by atoms with Crippen LogP contribution in [-0.4, -0.2) is 43.2 Å². The number of hydrogen-bond acceptors (Lipinski definition) is 6. The molecule has 0 spiro atoms. The lowest BCUT2D eigenvalue weighted by molar-refractivity contribution is -0.136. The highest BCUT2D eigenvalue weighted by Crippen LogP contribution is 2.33. The zero-order chi connectivity index (χ0) is 22.0. The van der Waals surface area contributed by atoms with E-state index < -0.39 is 21.7 Å². The van der Waals surface area contributed by atoms with Gasteiger partial charge in [0.1, 0.15) is 11.6 Å². The number of methoxy groups -OCH3 is 1. The van der Waals surface area contributed by atoms with Crippen LogP contribution in [0.1, 0.15) is 49.8 Å². The fourth-order valence-corrected chi connectivity index (χ4v) is 5.61. The number of nitrogens with zero attached hydrogens (tertiary/aromatic N) is 2. The third-order valence-electron chi connectivity index (χ3n) is 5.73. The Hall–Kier alpha value is -2.88. The molecule has 1 aliphatic heterocycles. The van der Waals surface area contributed by atoms with Crippen LogP contribution in [0.4, 0.5) is 5.82 Å². The van der Waals surface area contributed by atoms with E-state index in [0.717, 1.165) is 38.5 Å². The van der Waals surface area contributed by atoms with Crippen molar-refractivity contribution in [1.82, 2.24) is 15.1 Å². The highest BCUT2D eigenvalue weighted by Gasteiger charge is 2.34. The van der Waals surface area contributed by atoms with Gasteiger partial charge >= 0.3 is 11.8 Å². The Labute approximate surface area is 181 Å². The van der Waals surface area contributed by atoms with Crippen molar-refractivity contribution in [2.75, 3.05) is 12.4 Å². The quantitative estimate of drug-likeness (QED) is 0.548. The van der Waals surface area contributed by atoms with Crippen LogP contribution in [-0.2, 0) is 30.9 Å². The van der Waals surface area contributed by atoms with Gasteiger partial charge in [0.15, 0.2) is 9.84 Å². The van der Waals surface area contributed by atoms with Gasteiger partial charge in [-0.2, -0.15) is 5.10 Å². The van der Waals surface area contributed by atoms with E-state index >= 15 is 0 Å². The zero-order valence-corrected chi connectivity index (χ0v) is 18.2. The molecule has 1 fully saturated rings. The van der Waals surface area contributed by atoms with Crippen molar-refractivity contribution in [3.05, 3.63) is 35.5 Å². The molecule has 1 aromatic heterocycles. The monoisotopic (exact) mass is 446 g/mol. The van der Waals surface area contributed by atoms with E-state index in [1.165, 1.54) is 4.68 Å². The van der Waals surface area contributed by atoms with Gasteiger partial charge in [-0.3, -0.25) is 9.59 Å². The average Bonchev–Trinajstić information content (AvgIpc) is 3.07. The number of anilines is 1. The second kappa shape index (κ2) is 8.70. The van der Waals surface area contributed by atoms with E-state index in [0.29, 0.717) is 22.7 Å². The highest BCUT2D eigenvalue weighted by molar-refractivity contribution is 7.90. The first kappa shape index (κ1) is 21.4. The molecule has 10 heteroatoms. The van der Waals surface area contributed by atoms with Crippen molar-refractivity contribution < 1.29 is 22.7 Å². The Morgan fingerprint density at radius 3 is 2.35 bits per heavy atom. The second-order valence-electron chi connectivity index (χ2n) is 8.03. The predicted molar refractivity (Wildman–Crippen MR) is 115 cm³/mol. The molecule has 2 aromatic rings. The van der Waals surface area contributed by atoms with Gasteiger partial charge in [-0.25, -0.2) is 13.1 Å². The van der Waals surface area contributed by atoms with Gasteiger partial charge in [0, 0.05) is 11.6 Å². The Kier molecular flexibility index (Phi) is 5.99. The molecule has 2 N–H and O–H groups in total. The Morgan fingerprint density at radius 2 is 1.71 bits per heavy atom. The lowest BCUT2D eigenvalue weighted by atomic mass is 10.1. The molecule has 0 atom stereocenters. The van der Waals surface area contributed by atoms with Crippen molar-refractivity contribution in [2.24, 2.45) is 0 Å². The normalized spacial score (nSPS) is 18.1. The van der Waals surface area contributed by atoms with Crippen molar-refractivity contribution in [2.45, 2.75) is 56.1 Å². The van der Waals surface area contributed by atoms with Crippen molar-refractivity contribution >= 4 is 27.5 Å². The van der Waals surface area contributed by atoms with Gasteiger partial charge in [-0.05, 0) is 37.1 Å². The number of hydrogen-bond donors (Lipinski definition) is 2. The molecular formula is C21H26N4O5S. The van der Waals surface area contributed by atoms with Crippen molar-refractivity contribution in [3.8, 4) is 11.4 Å². The molecule has 2 amide bonds. The number of ether oxygens (including phenoxy) is 1. The molecule has 0 saturated heterocycles. The van der Waals surface area contributed by atoms with Gasteiger partial charge in [-0.15, -0.1) is 0 Å². The smallest absolute Gasteiger partial charge is 0.314 e. The van der Waals surface area contributed by atoms with Gasteiger partial charge in [-0.1, -0.05) is 25.7 Å². The van der Waals surface area contributed by atoms with Crippen LogP contribution in [0.3, 0.4) is 0 Å². The number of nitrogens with one attached hydrogen (secondary N) is 2. The standard InChI is InChI=1S/C21H26N4O5S/c1-30-16-10-8-15(9-11-16)25-19(17-12-31(28,29)13-18(17)24-25)23-21(27)20(26)22-14-6-4-2-3-5-7-14/h8-11,14H,2-7,12-13H2,1H3,(H,22,26)(H,23,27). The predicted octanol–water partition coefficient (Wildman–Crippen LogP) is 2.09. The van der Waals surface area contributed by atoms with Gasteiger partial charge in [0.25, 0.3) is 0 Å². The van der Waals surface area contributed by atoms with E-state index in [4.69, 9.17) is 4.74 Å². The summed E-state index contributed by atoms with van der Waals surface area (Å²) in [7, 11) is -1.77. The van der Waals surface area contributed by atoms with Crippen LogP contribution >= 0.6 is 0 Å². The number of carbonyl (C=O) groups excluding carboxylic acids is 2. The lowest BCUT2D eigenvalue weighted by Crippen LogP contribution is -2.42. The molecular weight excluding hydrogens is 420 g/mol. The molecule has 0 unspecified atom stereocenters. The molecule has 2 aliphatic rings. The molecule has 9 nitrogen and oxygen atoms in total. The molecule has 166 valence electrons. The van der Waals surface area contributed by atoms with Crippen LogP contribution in [0.2, 0.25) is 0 Å². The second-order valence-corrected chi connectivity index (χ2v) is 10.1. The number of rotatable bonds is 4. The topological polar surface area (TPSA) is 119 Å². The molecule has 31 heavy (non-hydrogen) atoms. The molecule has 0 radical (unpaired) electrons. The minimum atomic E-state index is -3.32. The number of benzene rings is 1. The summed E-state index contributed by atoms with van der Waals surface area (Å²) in [5.41, 5.74) is 1.42. The van der Waals surface area contributed by atoms with Crippen LogP contribution in [0, 0.1) is 0 Å². The van der Waals surface area contributed by atoms with Crippen LogP contribution in [0.5, 0.6) is 5.75 Å². The summed E-state index contributed by atoms with van der Waals surface area (Å²) in [6, 6.07) is 6.96. The number of sulfone groups is 1. The van der Waals surface area contributed by atoms with E-state index in [9.17, 15) is 18.0 Å². The van der Waals surface area contributed by atoms with Crippen molar-refractivity contribution in [1.29, 1.82) is 0 Å². The average molecular weight is 447 g/mol. The lowest BCUT2D eigenvalue weighted by Gasteiger charge is -2.16. The van der Waals surface area contributed by atoms with Gasteiger partial charge < -0.3 is 15.4 Å². The van der Waals surface area contributed by atoms with Crippen molar-refractivity contribution in [3.63, 3.8) is 0 Å². The van der Waals surface area contributed by atoms with E-state index in [1.54, 1.807) is 31.4 Å². The SMILES string of the molecule is COc1ccc(-n2nc3c(c2NC(=O)C(=O)NC2CCCCCC2)CS(=O)(=O)C3)cc1. The highest BCUT2D eigenvalue weighted by atomic mass is 32.2. The van der Waals surface area contributed by atoms with E-state index in [-0.39, 0.29) is 23.4 Å². The first-order valence-electron chi connectivity index (χ1n) is 10.4. The number of carbonyl (C=O) groups is 2. The van der Waals surface area contributed by atoms with Gasteiger partial charge in [0.2, 0.25) is 0 Å². The summed E-state index contributed by atoms with van der Waals surface area (Å²) in [6.07, 6.45) is 6.05. The van der Waals surface area contributed by atoms with E-state index in [1.807, 2.05) is 0 Å². The fraction of sp³-hybridized carbons (Fsp3) is 0.476. The summed E-state index contributed by atoms with van der Waals surface area (Å²) in [4.78, 5) is 25.2. The molecule has 1 saturated carbocycles. The molecule has 0 bridgehead atoms. The summed E-state index contributed by atoms with van der Waals surface area (Å²) in [5.74, 6) is -1.10. The summed E-state index contributed by atoms with van der Waals surface area (Å²) in [5, 5.41) is 9.83. The number of amides is 2. The third-order valence-corrected chi connectivity index (χ3v) is 7.17. The largest absolute Gasteiger partial charge is 0.497 e. The zero-order valence-electron chi connectivity index (χ0n) is 17.4. The number of fused-ring (bicyclic) bond motifs is 1. The molecule has 1 aliphatic carbocycles. The summed E-state index contributed by atoms with van der Waals surface area (Å²) < 4.78 is 30.8. The summed E-state index contributed by atoms with van der Waals surface area (Å²) >= 11 is 0. The number of aromatic nitrogens is 2. The molecule has 1 aromatic carbocycles. The molecule has 4 rings (SSSR count).